The van der Waals surface area contributed by atoms with Gasteiger partial charge in [0.1, 0.15) is 0 Å². The van der Waals surface area contributed by atoms with Gasteiger partial charge in [-0.15, -0.1) is 0 Å². The summed E-state index contributed by atoms with van der Waals surface area (Å²) in [4.78, 5) is 0. The van der Waals surface area contributed by atoms with Crippen LogP contribution in [0, 0.1) is 0 Å². The molecule has 0 aliphatic carbocycles. The molecule has 0 amide bonds. The number of unbranched alkanes of at least 4 members (excludes halogenated alkanes) is 14. The van der Waals surface area contributed by atoms with E-state index in [1.807, 2.05) is 13.1 Å². The summed E-state index contributed by atoms with van der Waals surface area (Å²) in [5.74, 6) is 0. The molecule has 1 atom stereocenters. The van der Waals surface area contributed by atoms with Gasteiger partial charge in [0.2, 0.25) is 0 Å². The largest absolute Gasteiger partial charge is 0.376 e. The Bertz CT molecular complexity index is 224. The number of nitrogens with one attached hydrogen (secondary N) is 1. The molecule has 0 rings (SSSR count). The van der Waals surface area contributed by atoms with Gasteiger partial charge in [0.05, 0.1) is 6.17 Å². The molecule has 2 heteroatoms. The van der Waals surface area contributed by atoms with Crippen LogP contribution in [0.4, 0.5) is 0 Å². The fourth-order valence-corrected chi connectivity index (χ4v) is 2.76. The number of rotatable bonds is 17. The summed E-state index contributed by atoms with van der Waals surface area (Å²) >= 11 is 0. The van der Waals surface area contributed by atoms with Crippen molar-refractivity contribution in [3.8, 4) is 0 Å². The predicted molar refractivity (Wildman–Crippen MR) is 101 cm³/mol. The van der Waals surface area contributed by atoms with E-state index in [1.54, 1.807) is 0 Å². The molecule has 0 aromatic rings. The first-order valence-electron chi connectivity index (χ1n) is 9.94. The van der Waals surface area contributed by atoms with Crippen LogP contribution in [-0.4, -0.2) is 6.17 Å². The molecular weight excluding hydrogens is 268 g/mol. The Labute approximate surface area is 140 Å². The highest BCUT2D eigenvalue weighted by Crippen LogP contribution is 2.13. The molecule has 2 nitrogen and oxygen atoms in total. The summed E-state index contributed by atoms with van der Waals surface area (Å²) in [6.45, 7) is 4.24. The third kappa shape index (κ3) is 19.5. The molecule has 0 bridgehead atoms. The molecule has 0 radical (unpaired) electrons. The van der Waals surface area contributed by atoms with E-state index in [1.165, 1.54) is 96.3 Å². The quantitative estimate of drug-likeness (QED) is 0.245. The van der Waals surface area contributed by atoms with Crippen LogP contribution in [0.2, 0.25) is 0 Å². The molecule has 0 heterocycles. The van der Waals surface area contributed by atoms with Crippen LogP contribution in [0.15, 0.2) is 12.3 Å². The lowest BCUT2D eigenvalue weighted by Crippen LogP contribution is -2.29. The van der Waals surface area contributed by atoms with Gasteiger partial charge in [0.25, 0.3) is 0 Å². The Hall–Kier alpha value is -0.500. The lowest BCUT2D eigenvalue weighted by Gasteiger charge is -2.03. The molecule has 0 saturated heterocycles. The van der Waals surface area contributed by atoms with Crippen LogP contribution in [0.3, 0.4) is 0 Å². The van der Waals surface area contributed by atoms with E-state index >= 15 is 0 Å². The maximum absolute atomic E-state index is 5.60. The van der Waals surface area contributed by atoms with Gasteiger partial charge in [-0.25, -0.2) is 0 Å². The van der Waals surface area contributed by atoms with E-state index in [4.69, 9.17) is 5.73 Å². The summed E-state index contributed by atoms with van der Waals surface area (Å²) in [5.41, 5.74) is 5.60. The Kier molecular flexibility index (Phi) is 18.1. The van der Waals surface area contributed by atoms with E-state index in [2.05, 4.69) is 18.3 Å². The zero-order chi connectivity index (χ0) is 16.3. The molecule has 0 spiro atoms. The first kappa shape index (κ1) is 21.5. The Morgan fingerprint density at radius 3 is 1.55 bits per heavy atom. The first-order chi connectivity index (χ1) is 10.8. The summed E-state index contributed by atoms with van der Waals surface area (Å²) < 4.78 is 0. The molecule has 0 saturated carbocycles. The minimum atomic E-state index is 0.0626. The maximum atomic E-state index is 5.60. The maximum Gasteiger partial charge on any atom is 0.0709 e. The fraction of sp³-hybridized carbons (Fsp3) is 0.900. The van der Waals surface area contributed by atoms with Gasteiger partial charge in [0, 0.05) is 0 Å². The van der Waals surface area contributed by atoms with Crippen molar-refractivity contribution >= 4 is 0 Å². The molecule has 22 heavy (non-hydrogen) atoms. The molecule has 0 fully saturated rings. The lowest BCUT2D eigenvalue weighted by atomic mass is 10.0. The van der Waals surface area contributed by atoms with Crippen LogP contribution in [-0.2, 0) is 0 Å². The normalized spacial score (nSPS) is 12.9. The van der Waals surface area contributed by atoms with Gasteiger partial charge in [-0.1, -0.05) is 96.5 Å². The van der Waals surface area contributed by atoms with Crippen LogP contribution in [0.1, 0.15) is 110 Å². The lowest BCUT2D eigenvalue weighted by molar-refractivity contribution is 0.536. The number of hydrogen-bond donors (Lipinski definition) is 2. The van der Waals surface area contributed by atoms with E-state index in [0.717, 1.165) is 0 Å². The van der Waals surface area contributed by atoms with E-state index in [0.29, 0.717) is 0 Å². The Morgan fingerprint density at radius 2 is 1.14 bits per heavy atom. The zero-order valence-electron chi connectivity index (χ0n) is 15.4. The van der Waals surface area contributed by atoms with Crippen molar-refractivity contribution in [3.05, 3.63) is 12.3 Å². The van der Waals surface area contributed by atoms with Gasteiger partial charge in [-0.3, -0.25) is 0 Å². The highest BCUT2D eigenvalue weighted by atomic mass is 15.0. The van der Waals surface area contributed by atoms with Crippen molar-refractivity contribution in [2.24, 2.45) is 5.73 Å². The SMILES string of the molecule is CCCCCCCCCCCCCCCCC=CNC(C)N. The molecule has 0 aromatic heterocycles. The fourth-order valence-electron chi connectivity index (χ4n) is 2.76. The van der Waals surface area contributed by atoms with Crippen LogP contribution in [0.5, 0.6) is 0 Å². The minimum Gasteiger partial charge on any atom is -0.376 e. The van der Waals surface area contributed by atoms with E-state index in [9.17, 15) is 0 Å². The third-order valence-corrected chi connectivity index (χ3v) is 4.20. The van der Waals surface area contributed by atoms with Gasteiger partial charge >= 0.3 is 0 Å². The predicted octanol–water partition coefficient (Wildman–Crippen LogP) is 6.27. The van der Waals surface area contributed by atoms with Crippen molar-refractivity contribution in [1.29, 1.82) is 0 Å². The monoisotopic (exact) mass is 310 g/mol. The van der Waals surface area contributed by atoms with Gasteiger partial charge in [-0.2, -0.15) is 0 Å². The highest BCUT2D eigenvalue weighted by molar-refractivity contribution is 4.80. The number of allylic oxidation sites excluding steroid dienone is 1. The summed E-state index contributed by atoms with van der Waals surface area (Å²) in [6, 6.07) is 0. The van der Waals surface area contributed by atoms with Crippen molar-refractivity contribution in [3.63, 3.8) is 0 Å². The zero-order valence-corrected chi connectivity index (χ0v) is 15.4. The van der Waals surface area contributed by atoms with Crippen molar-refractivity contribution in [2.45, 2.75) is 116 Å². The van der Waals surface area contributed by atoms with Gasteiger partial charge in [-0.05, 0) is 26.0 Å². The summed E-state index contributed by atoms with van der Waals surface area (Å²) in [5, 5.41) is 3.09. The summed E-state index contributed by atoms with van der Waals surface area (Å²) in [6.07, 6.45) is 25.4. The molecule has 0 aromatic carbocycles. The van der Waals surface area contributed by atoms with E-state index < -0.39 is 0 Å². The van der Waals surface area contributed by atoms with Crippen LogP contribution in [0.25, 0.3) is 0 Å². The average Bonchev–Trinajstić information content (AvgIpc) is 2.50. The van der Waals surface area contributed by atoms with Gasteiger partial charge in [0.15, 0.2) is 0 Å². The number of nitrogens with two attached hydrogens (primary N) is 1. The number of hydrogen-bond acceptors (Lipinski definition) is 2. The molecule has 0 aliphatic heterocycles. The summed E-state index contributed by atoms with van der Waals surface area (Å²) in [7, 11) is 0. The average molecular weight is 311 g/mol. The van der Waals surface area contributed by atoms with E-state index in [-0.39, 0.29) is 6.17 Å². The molecule has 132 valence electrons. The molecule has 1 unspecified atom stereocenters. The highest BCUT2D eigenvalue weighted by Gasteiger charge is 1.93. The smallest absolute Gasteiger partial charge is 0.0709 e. The Morgan fingerprint density at radius 1 is 0.727 bits per heavy atom. The second-order valence-electron chi connectivity index (χ2n) is 6.74. The van der Waals surface area contributed by atoms with Crippen LogP contribution < -0.4 is 11.1 Å². The first-order valence-corrected chi connectivity index (χ1v) is 9.94. The standard InChI is InChI=1S/C20H42N2/c1-3-4-5-6-7-8-9-10-11-12-13-14-15-16-17-18-19-22-20(2)21/h18-20,22H,3-17,21H2,1-2H3. The van der Waals surface area contributed by atoms with Gasteiger partial charge < -0.3 is 11.1 Å². The topological polar surface area (TPSA) is 38.0 Å². The minimum absolute atomic E-state index is 0.0626. The molecular formula is C20H42N2. The third-order valence-electron chi connectivity index (χ3n) is 4.20. The van der Waals surface area contributed by atoms with Crippen molar-refractivity contribution in [2.75, 3.05) is 0 Å². The van der Waals surface area contributed by atoms with Crippen molar-refractivity contribution in [1.82, 2.24) is 5.32 Å². The Balaban J connectivity index is 3.01. The second-order valence-corrected chi connectivity index (χ2v) is 6.74. The molecule has 3 N–H and O–H groups in total. The van der Waals surface area contributed by atoms with Crippen molar-refractivity contribution < 1.29 is 0 Å². The molecule has 0 aliphatic rings. The van der Waals surface area contributed by atoms with Crippen LogP contribution >= 0.6 is 0 Å². The second kappa shape index (κ2) is 18.5.